The molecule has 6 nitrogen and oxygen atoms in total. The predicted octanol–water partition coefficient (Wildman–Crippen LogP) is 2.53. The first-order chi connectivity index (χ1) is 12.6. The van der Waals surface area contributed by atoms with E-state index in [1.54, 1.807) is 4.90 Å². The largest absolute Gasteiger partial charge is 0.452 e. The Morgan fingerprint density at radius 2 is 1.93 bits per heavy atom. The third-order valence-corrected chi connectivity index (χ3v) is 3.79. The smallest absolute Gasteiger partial charge is 0.422 e. The minimum Gasteiger partial charge on any atom is -0.452 e. The van der Waals surface area contributed by atoms with Crippen LogP contribution >= 0.6 is 0 Å². The van der Waals surface area contributed by atoms with E-state index in [-0.39, 0.29) is 11.5 Å². The van der Waals surface area contributed by atoms with Gasteiger partial charge >= 0.3 is 12.1 Å². The topological polar surface area (TPSA) is 62.7 Å². The maximum atomic E-state index is 12.2. The molecule has 0 spiro atoms. The van der Waals surface area contributed by atoms with E-state index in [9.17, 15) is 22.8 Å². The van der Waals surface area contributed by atoms with Gasteiger partial charge in [0.1, 0.15) is 0 Å². The van der Waals surface area contributed by atoms with Crippen molar-refractivity contribution in [2.75, 3.05) is 40.3 Å². The lowest BCUT2D eigenvalue weighted by Gasteiger charge is -2.22. The Bertz CT molecular complexity index is 621. The number of aromatic nitrogens is 1. The Labute approximate surface area is 157 Å². The van der Waals surface area contributed by atoms with E-state index in [0.717, 1.165) is 6.54 Å². The molecule has 0 bridgehead atoms. The molecule has 1 aromatic rings. The third-order valence-electron chi connectivity index (χ3n) is 3.79. The summed E-state index contributed by atoms with van der Waals surface area (Å²) in [7, 11) is 3.88. The molecule has 0 aliphatic heterocycles. The Balaban J connectivity index is 2.51. The van der Waals surface area contributed by atoms with E-state index < -0.39 is 18.8 Å². The molecular weight excluding hydrogens is 363 g/mol. The number of nitrogens with zero attached hydrogens (tertiary/aromatic N) is 3. The highest BCUT2D eigenvalue weighted by Crippen LogP contribution is 2.16. The first-order valence-corrected chi connectivity index (χ1v) is 8.73. The minimum absolute atomic E-state index is 0.0109. The quantitative estimate of drug-likeness (QED) is 0.576. The van der Waals surface area contributed by atoms with Crippen LogP contribution in [0.25, 0.3) is 0 Å². The molecule has 152 valence electrons. The van der Waals surface area contributed by atoms with Crippen molar-refractivity contribution in [3.63, 3.8) is 0 Å². The molecule has 0 N–H and O–H groups in total. The molecule has 0 saturated carbocycles. The molecule has 0 aromatic carbocycles. The summed E-state index contributed by atoms with van der Waals surface area (Å²) in [5.41, 5.74) is 0.539. The maximum absolute atomic E-state index is 12.2. The number of hydrogen-bond donors (Lipinski definition) is 0. The van der Waals surface area contributed by atoms with E-state index in [2.05, 4.69) is 9.72 Å². The number of aryl methyl sites for hydroxylation is 1. The SMILES string of the molecule is CCN(CCN(C)C)C(=O)CCCc1cc(C(=O)OCC(F)(F)F)ccn1. The molecule has 0 unspecified atom stereocenters. The number of carbonyl (C=O) groups excluding carboxylic acids is 2. The predicted molar refractivity (Wildman–Crippen MR) is 94.3 cm³/mol. The monoisotopic (exact) mass is 389 g/mol. The normalized spacial score (nSPS) is 11.5. The van der Waals surface area contributed by atoms with Crippen molar-refractivity contribution >= 4 is 11.9 Å². The standard InChI is InChI=1S/C18H26F3N3O3/c1-4-24(11-10-23(2)3)16(25)7-5-6-15-12-14(8-9-22-15)17(26)27-13-18(19,20)21/h8-9,12H,4-7,10-11,13H2,1-3H3. The zero-order chi connectivity index (χ0) is 20.4. The van der Waals surface area contributed by atoms with Gasteiger partial charge in [0.05, 0.1) is 5.56 Å². The molecule has 1 aromatic heterocycles. The van der Waals surface area contributed by atoms with Crippen LogP contribution in [-0.4, -0.2) is 73.2 Å². The average Bonchev–Trinajstić information content (AvgIpc) is 2.59. The summed E-state index contributed by atoms with van der Waals surface area (Å²) < 4.78 is 40.6. The highest BCUT2D eigenvalue weighted by Gasteiger charge is 2.29. The highest BCUT2D eigenvalue weighted by atomic mass is 19.4. The van der Waals surface area contributed by atoms with E-state index in [0.29, 0.717) is 38.0 Å². The molecule has 27 heavy (non-hydrogen) atoms. The van der Waals surface area contributed by atoms with Crippen LogP contribution in [0.1, 0.15) is 35.8 Å². The molecular formula is C18H26F3N3O3. The zero-order valence-corrected chi connectivity index (χ0v) is 15.9. The fraction of sp³-hybridized carbons (Fsp3) is 0.611. The second kappa shape index (κ2) is 10.9. The number of amides is 1. The molecule has 1 heterocycles. The average molecular weight is 389 g/mol. The first-order valence-electron chi connectivity index (χ1n) is 8.73. The van der Waals surface area contributed by atoms with Gasteiger partial charge in [0.15, 0.2) is 6.61 Å². The lowest BCUT2D eigenvalue weighted by atomic mass is 10.1. The van der Waals surface area contributed by atoms with Gasteiger partial charge in [-0.25, -0.2) is 4.79 Å². The summed E-state index contributed by atoms with van der Waals surface area (Å²) >= 11 is 0. The summed E-state index contributed by atoms with van der Waals surface area (Å²) in [6, 6.07) is 2.69. The van der Waals surface area contributed by atoms with Crippen LogP contribution in [0.5, 0.6) is 0 Å². The van der Waals surface area contributed by atoms with Crippen molar-refractivity contribution in [2.45, 2.75) is 32.4 Å². The van der Waals surface area contributed by atoms with Gasteiger partial charge in [-0.2, -0.15) is 13.2 Å². The summed E-state index contributed by atoms with van der Waals surface area (Å²) in [6.45, 7) is 2.36. The van der Waals surface area contributed by atoms with Crippen LogP contribution in [0.2, 0.25) is 0 Å². The third kappa shape index (κ3) is 9.37. The molecule has 0 atom stereocenters. The summed E-state index contributed by atoms with van der Waals surface area (Å²) in [4.78, 5) is 31.8. The summed E-state index contributed by atoms with van der Waals surface area (Å²) in [5, 5.41) is 0. The number of likely N-dealkylation sites (N-methyl/N-ethyl adjacent to an activating group) is 2. The molecule has 9 heteroatoms. The second-order valence-electron chi connectivity index (χ2n) is 6.36. The van der Waals surface area contributed by atoms with Gasteiger partial charge < -0.3 is 14.5 Å². The molecule has 1 amide bonds. The number of carbonyl (C=O) groups is 2. The fourth-order valence-electron chi connectivity index (χ4n) is 2.33. The number of alkyl halides is 3. The molecule has 0 aliphatic rings. The molecule has 1 rings (SSSR count). The van der Waals surface area contributed by atoms with Crippen LogP contribution in [0.3, 0.4) is 0 Å². The fourth-order valence-corrected chi connectivity index (χ4v) is 2.33. The lowest BCUT2D eigenvalue weighted by molar-refractivity contribution is -0.161. The van der Waals surface area contributed by atoms with Gasteiger partial charge in [-0.1, -0.05) is 0 Å². The number of pyridine rings is 1. The number of rotatable bonds is 10. The first kappa shape index (κ1) is 22.9. The van der Waals surface area contributed by atoms with Crippen molar-refractivity contribution in [3.8, 4) is 0 Å². The highest BCUT2D eigenvalue weighted by molar-refractivity contribution is 5.89. The van der Waals surface area contributed by atoms with Crippen molar-refractivity contribution in [1.29, 1.82) is 0 Å². The maximum Gasteiger partial charge on any atom is 0.422 e. The Kier molecular flexibility index (Phi) is 9.20. The van der Waals surface area contributed by atoms with Gasteiger partial charge in [-0.15, -0.1) is 0 Å². The molecule has 0 radical (unpaired) electrons. The zero-order valence-electron chi connectivity index (χ0n) is 15.9. The van der Waals surface area contributed by atoms with Crippen molar-refractivity contribution in [1.82, 2.24) is 14.8 Å². The van der Waals surface area contributed by atoms with Crippen LogP contribution in [0, 0.1) is 0 Å². The summed E-state index contributed by atoms with van der Waals surface area (Å²) in [5.74, 6) is -1.01. The van der Waals surface area contributed by atoms with Crippen LogP contribution in [-0.2, 0) is 16.0 Å². The minimum atomic E-state index is -4.57. The van der Waals surface area contributed by atoms with E-state index >= 15 is 0 Å². The number of hydrogen-bond acceptors (Lipinski definition) is 5. The Morgan fingerprint density at radius 1 is 1.22 bits per heavy atom. The van der Waals surface area contributed by atoms with Crippen molar-refractivity contribution < 1.29 is 27.5 Å². The van der Waals surface area contributed by atoms with E-state index in [1.165, 1.54) is 18.3 Å². The van der Waals surface area contributed by atoms with Crippen LogP contribution < -0.4 is 0 Å². The molecule has 0 fully saturated rings. The van der Waals surface area contributed by atoms with Crippen molar-refractivity contribution in [3.05, 3.63) is 29.6 Å². The number of halogens is 3. The van der Waals surface area contributed by atoms with Crippen LogP contribution in [0.15, 0.2) is 18.3 Å². The van der Waals surface area contributed by atoms with Gasteiger partial charge in [0, 0.05) is 37.9 Å². The van der Waals surface area contributed by atoms with Gasteiger partial charge in [-0.05, 0) is 46.0 Å². The number of esters is 1. The van der Waals surface area contributed by atoms with E-state index in [4.69, 9.17) is 0 Å². The number of ether oxygens (including phenoxy) is 1. The van der Waals surface area contributed by atoms with Gasteiger partial charge in [-0.3, -0.25) is 9.78 Å². The van der Waals surface area contributed by atoms with Crippen molar-refractivity contribution in [2.24, 2.45) is 0 Å². The van der Waals surface area contributed by atoms with Gasteiger partial charge in [0.25, 0.3) is 0 Å². The second-order valence-corrected chi connectivity index (χ2v) is 6.36. The van der Waals surface area contributed by atoms with Gasteiger partial charge in [0.2, 0.25) is 5.91 Å². The molecule has 0 aliphatic carbocycles. The Hall–Kier alpha value is -2.16. The van der Waals surface area contributed by atoms with Crippen LogP contribution in [0.4, 0.5) is 13.2 Å². The summed E-state index contributed by atoms with van der Waals surface area (Å²) in [6.07, 6.45) is -1.91. The van der Waals surface area contributed by atoms with E-state index in [1.807, 2.05) is 25.9 Å². The lowest BCUT2D eigenvalue weighted by Crippen LogP contribution is -2.36. The molecule has 0 saturated heterocycles. The Morgan fingerprint density at radius 3 is 2.52 bits per heavy atom.